The predicted molar refractivity (Wildman–Crippen MR) is 20.2 cm³/mol. The molecule has 158 valence electrons. The van der Waals surface area contributed by atoms with E-state index < -0.39 is 0 Å². The van der Waals surface area contributed by atoms with E-state index in [-0.39, 0.29) is 1440 Å². The second-order valence-corrected chi connectivity index (χ2v) is 1.39. The van der Waals surface area contributed by atoms with Gasteiger partial charge >= 0.3 is 0 Å². The molecule has 0 aromatic heterocycles. The summed E-state index contributed by atoms with van der Waals surface area (Å²) in [6.07, 6.45) is 0. The molecule has 0 N–H and O–H groups in total. The SMILES string of the molecule is [CH2-]C(C)C.[Y].[Y].[Y].[Y].[Y].[Y].[Y].[Y].[Y].[Y].[Y].[Y].[Y].[Y].[Y].[Y].[Y].[Y].[Y].[Y].[Y].[Y].[Y].[Y].[Y].[Y].[Y].[Y].[Y].[Y].[Y].[Y].[Y].[Y].[Y].[Y].[Y].[Y].[Y].[Y].[Y].[Y].[Y].[Y]. The molecule has 0 aromatic rings. The molecule has 0 bridgehead atoms. The maximum Gasteiger partial charge on any atom is 0 e. The first kappa shape index (κ1) is 332. The molecule has 0 atom stereocenters. The molecule has 0 spiro atoms. The molecule has 0 nitrogen and oxygen atoms in total. The molecule has 0 heterocycles. The number of hydrogen-bond acceptors (Lipinski definition) is 0. The van der Waals surface area contributed by atoms with E-state index in [1.807, 2.05) is 0 Å². The van der Waals surface area contributed by atoms with Gasteiger partial charge in [0.15, 0.2) is 0 Å². The minimum Gasteiger partial charge on any atom is -0.341 e. The fourth-order valence-electron chi connectivity index (χ4n) is 0. The maximum absolute atomic E-state index is 3.64. The fraction of sp³-hybridized carbons (Fsp3) is 0.750. The van der Waals surface area contributed by atoms with E-state index in [0.29, 0.717) is 5.92 Å². The molecule has 0 unspecified atom stereocenters. The van der Waals surface area contributed by atoms with Crippen LogP contribution in [0.2, 0.25) is 0 Å². The van der Waals surface area contributed by atoms with Crippen molar-refractivity contribution in [3.05, 3.63) is 6.92 Å². The first-order chi connectivity index (χ1) is 1.73. The standard InChI is InChI=1S/C4H9.44Y/c1-4(2)3;;;;;;;;;;;;;;;;;;;;;;;;;;;;;;;;;;;;;;;;;;;;/h4H,1H2,2-3H3;;;;;;;;;;;;;;;;;;;;;;;;;;;;;;;;;;;;;;;;;;;;/q-1;;;;;;;;;;;;;;;;;;;;;;;;;;;;;;;;;;;;;;;;;;;;. The average Bonchev–Trinajstić information content (AvgIpc) is 0.811. The van der Waals surface area contributed by atoms with Gasteiger partial charge in [0.1, 0.15) is 0 Å². The Hall–Kier alpha value is 48.6. The van der Waals surface area contributed by atoms with Crippen LogP contribution in [0, 0.1) is 12.8 Å². The Labute approximate surface area is 1410 Å². The molecule has 0 fully saturated rings. The summed E-state index contributed by atoms with van der Waals surface area (Å²) in [5, 5.41) is 0. The molecule has 48 heavy (non-hydrogen) atoms. The van der Waals surface area contributed by atoms with Crippen molar-refractivity contribution in [2.45, 2.75) is 13.8 Å². The summed E-state index contributed by atoms with van der Waals surface area (Å²) in [6, 6.07) is 0. The zero-order chi connectivity index (χ0) is 3.58. The second kappa shape index (κ2) is 321. The van der Waals surface area contributed by atoms with Crippen molar-refractivity contribution in [2.24, 2.45) is 5.92 Å². The first-order valence-electron chi connectivity index (χ1n) is 1.56. The molecular formula is C4H9Y44-. The van der Waals surface area contributed by atoms with Crippen LogP contribution in [-0.2, 0) is 1440 Å². The van der Waals surface area contributed by atoms with Crippen LogP contribution in [0.5, 0.6) is 0 Å². The minimum absolute atomic E-state index is 0. The maximum atomic E-state index is 3.64. The summed E-state index contributed by atoms with van der Waals surface area (Å²) < 4.78 is 0. The van der Waals surface area contributed by atoms with Gasteiger partial charge < -0.3 is 6.92 Å². The van der Waals surface area contributed by atoms with E-state index in [2.05, 4.69) is 20.8 Å². The number of rotatable bonds is 0. The number of hydrogen-bond donors (Lipinski definition) is 0. The molecule has 0 amide bonds. The van der Waals surface area contributed by atoms with E-state index in [1.54, 1.807) is 0 Å². The Kier molecular flexibility index (Phi) is 2220. The van der Waals surface area contributed by atoms with Crippen LogP contribution < -0.4 is 0 Å². The van der Waals surface area contributed by atoms with Gasteiger partial charge in [0.25, 0.3) is 0 Å². The van der Waals surface area contributed by atoms with Crippen molar-refractivity contribution in [3.8, 4) is 0 Å². The largest absolute Gasteiger partial charge is 0.341 e. The van der Waals surface area contributed by atoms with Crippen molar-refractivity contribution in [1.82, 2.24) is 0 Å². The topological polar surface area (TPSA) is 0 Å². The van der Waals surface area contributed by atoms with E-state index >= 15 is 0 Å². The van der Waals surface area contributed by atoms with Gasteiger partial charge in [0.05, 0.1) is 0 Å². The van der Waals surface area contributed by atoms with E-state index in [1.165, 1.54) is 0 Å². The molecule has 0 rings (SSSR count). The van der Waals surface area contributed by atoms with E-state index in [9.17, 15) is 0 Å². The first-order valence-corrected chi connectivity index (χ1v) is 1.56. The van der Waals surface area contributed by atoms with Crippen LogP contribution in [0.1, 0.15) is 13.8 Å². The Morgan fingerprint density at radius 3 is 0.146 bits per heavy atom. The summed E-state index contributed by atoms with van der Waals surface area (Å²) in [5.41, 5.74) is 0. The predicted octanol–water partition coefficient (Wildman–Crippen LogP) is 1.37. The second-order valence-electron chi connectivity index (χ2n) is 1.39. The third-order valence-corrected chi connectivity index (χ3v) is 0. The summed E-state index contributed by atoms with van der Waals surface area (Å²) in [6.45, 7) is 7.75. The van der Waals surface area contributed by atoms with Crippen LogP contribution in [0.25, 0.3) is 0 Å². The molecule has 0 aliphatic carbocycles. The molecular weight excluding hydrogens is 3960 g/mol. The summed E-state index contributed by atoms with van der Waals surface area (Å²) in [4.78, 5) is 0. The van der Waals surface area contributed by atoms with Gasteiger partial charge in [-0.2, -0.15) is 5.92 Å². The molecule has 44 radical (unpaired) electrons. The van der Waals surface area contributed by atoms with Crippen molar-refractivity contribution >= 4 is 0 Å². The third-order valence-electron chi connectivity index (χ3n) is 0. The Morgan fingerprint density at radius 1 is 0.146 bits per heavy atom. The fourth-order valence-corrected chi connectivity index (χ4v) is 0. The molecule has 0 aromatic carbocycles. The summed E-state index contributed by atoms with van der Waals surface area (Å²) >= 11 is 0. The van der Waals surface area contributed by atoms with Crippen molar-refractivity contribution in [3.63, 3.8) is 0 Å². The van der Waals surface area contributed by atoms with Crippen molar-refractivity contribution < 1.29 is 1440 Å². The Morgan fingerprint density at radius 2 is 0.146 bits per heavy atom. The molecule has 44 heteroatoms. The average molecular weight is 3970 g/mol. The van der Waals surface area contributed by atoms with Gasteiger partial charge in [-0.15, -0.1) is 0 Å². The normalized spacial score (nSPS) is 0.750. The van der Waals surface area contributed by atoms with Gasteiger partial charge in [0, 0.05) is 1440 Å². The van der Waals surface area contributed by atoms with Crippen LogP contribution in [0.15, 0.2) is 0 Å². The van der Waals surface area contributed by atoms with Gasteiger partial charge in [0.2, 0.25) is 0 Å². The van der Waals surface area contributed by atoms with Crippen LogP contribution in [0.3, 0.4) is 0 Å². The van der Waals surface area contributed by atoms with Crippen molar-refractivity contribution in [1.29, 1.82) is 0 Å². The van der Waals surface area contributed by atoms with Crippen LogP contribution in [-0.4, -0.2) is 0 Å². The smallest absolute Gasteiger partial charge is 0 e. The third kappa shape index (κ3) is 351. The Bertz CT molecular complexity index is 24.6. The van der Waals surface area contributed by atoms with E-state index in [0.717, 1.165) is 0 Å². The van der Waals surface area contributed by atoms with Crippen LogP contribution >= 0.6 is 0 Å². The van der Waals surface area contributed by atoms with Gasteiger partial charge in [-0.25, -0.2) is 0 Å². The molecule has 0 aliphatic heterocycles. The quantitative estimate of drug-likeness (QED) is 0.323. The Balaban J connectivity index is -0.0000000000476. The van der Waals surface area contributed by atoms with Crippen molar-refractivity contribution in [2.75, 3.05) is 0 Å². The monoisotopic (exact) mass is 3970 g/mol. The van der Waals surface area contributed by atoms with E-state index in [4.69, 9.17) is 0 Å². The zero-order valence-electron chi connectivity index (χ0n) is 28.7. The molecule has 0 saturated heterocycles. The zero-order valence-corrected chi connectivity index (χ0v) is 154. The molecule has 0 aliphatic rings. The molecule has 0 saturated carbocycles. The van der Waals surface area contributed by atoms with Crippen LogP contribution in [0.4, 0.5) is 0 Å². The van der Waals surface area contributed by atoms with Gasteiger partial charge in [-0.05, 0) is 0 Å². The summed E-state index contributed by atoms with van der Waals surface area (Å²) in [7, 11) is 0. The van der Waals surface area contributed by atoms with Gasteiger partial charge in [-0.1, -0.05) is 13.8 Å². The summed E-state index contributed by atoms with van der Waals surface area (Å²) in [5.74, 6) is 0.583. The minimum atomic E-state index is 0. The van der Waals surface area contributed by atoms with Gasteiger partial charge in [-0.3, -0.25) is 0 Å².